The zero-order valence-electron chi connectivity index (χ0n) is 17.0. The quantitative estimate of drug-likeness (QED) is 0.404. The van der Waals surface area contributed by atoms with Crippen molar-refractivity contribution in [3.8, 4) is 11.8 Å². The summed E-state index contributed by atoms with van der Waals surface area (Å²) in [5, 5.41) is 23.2. The second kappa shape index (κ2) is 13.0. The van der Waals surface area contributed by atoms with Crippen LogP contribution in [-0.2, 0) is 23.5 Å². The molecule has 31 heavy (non-hydrogen) atoms. The van der Waals surface area contributed by atoms with E-state index < -0.39 is 0 Å². The minimum atomic E-state index is -0.135. The van der Waals surface area contributed by atoms with Gasteiger partial charge in [0.2, 0.25) is 0 Å². The number of aryl methyl sites for hydroxylation is 1. The molecular formula is C28H22FeO2. The summed E-state index contributed by atoms with van der Waals surface area (Å²) >= 11 is 0. The van der Waals surface area contributed by atoms with Crippen molar-refractivity contribution in [1.29, 1.82) is 0 Å². The van der Waals surface area contributed by atoms with E-state index in [2.05, 4.69) is 24.0 Å². The van der Waals surface area contributed by atoms with E-state index in [0.29, 0.717) is 12.0 Å². The van der Waals surface area contributed by atoms with Gasteiger partial charge in [-0.2, -0.15) is 0 Å². The molecule has 0 aromatic heterocycles. The monoisotopic (exact) mass is 446 g/mol. The SMILES string of the molecule is [Fe+2].[O-]C(C#Cc1ccccc1)=C1C=CC=C1.[O-]C(CCc1ccccc1)=C1C=CC=C1. The fourth-order valence-corrected chi connectivity index (χ4v) is 2.85. The molecule has 3 heteroatoms. The predicted octanol–water partition coefficient (Wildman–Crippen LogP) is 4.14. The van der Waals surface area contributed by atoms with Crippen molar-refractivity contribution in [2.45, 2.75) is 12.8 Å². The van der Waals surface area contributed by atoms with E-state index in [1.807, 2.05) is 85.0 Å². The van der Waals surface area contributed by atoms with Gasteiger partial charge in [0.1, 0.15) is 0 Å². The fraction of sp³-hybridized carbons (Fsp3) is 0.0714. The Hall–Kier alpha value is -3.44. The first-order chi connectivity index (χ1) is 14.7. The van der Waals surface area contributed by atoms with E-state index in [1.54, 1.807) is 12.2 Å². The van der Waals surface area contributed by atoms with Crippen LogP contribution in [0.2, 0.25) is 0 Å². The average molecular weight is 446 g/mol. The zero-order chi connectivity index (χ0) is 21.0. The van der Waals surface area contributed by atoms with Crippen molar-refractivity contribution in [3.63, 3.8) is 0 Å². The molecule has 0 unspecified atom stereocenters. The molecule has 0 radical (unpaired) electrons. The van der Waals surface area contributed by atoms with Gasteiger partial charge < -0.3 is 10.2 Å². The van der Waals surface area contributed by atoms with Crippen molar-refractivity contribution in [1.82, 2.24) is 0 Å². The third kappa shape index (κ3) is 8.07. The zero-order valence-corrected chi connectivity index (χ0v) is 18.1. The molecule has 2 aromatic rings. The molecule has 4 rings (SSSR count). The van der Waals surface area contributed by atoms with Crippen LogP contribution in [0.1, 0.15) is 17.5 Å². The van der Waals surface area contributed by atoms with Crippen LogP contribution in [0, 0.1) is 11.8 Å². The first kappa shape index (κ1) is 23.8. The van der Waals surface area contributed by atoms with Crippen LogP contribution in [-0.4, -0.2) is 0 Å². The van der Waals surface area contributed by atoms with Gasteiger partial charge in [-0.3, -0.25) is 0 Å². The fourth-order valence-electron chi connectivity index (χ4n) is 2.85. The Morgan fingerprint density at radius 2 is 1.19 bits per heavy atom. The van der Waals surface area contributed by atoms with Crippen LogP contribution >= 0.6 is 0 Å². The van der Waals surface area contributed by atoms with E-state index in [9.17, 15) is 10.2 Å². The van der Waals surface area contributed by atoms with Gasteiger partial charge in [-0.25, -0.2) is 0 Å². The summed E-state index contributed by atoms with van der Waals surface area (Å²) in [5.41, 5.74) is 3.55. The predicted molar refractivity (Wildman–Crippen MR) is 119 cm³/mol. The Morgan fingerprint density at radius 1 is 0.677 bits per heavy atom. The Bertz CT molecular complexity index is 1060. The maximum Gasteiger partial charge on any atom is 2.00 e. The average Bonchev–Trinajstić information content (AvgIpc) is 3.52. The van der Waals surface area contributed by atoms with E-state index in [-0.39, 0.29) is 28.6 Å². The molecular weight excluding hydrogens is 424 g/mol. The minimum Gasteiger partial charge on any atom is -0.875 e. The summed E-state index contributed by atoms with van der Waals surface area (Å²) in [5.74, 6) is 5.54. The second-order valence-corrected chi connectivity index (χ2v) is 6.70. The third-order valence-corrected chi connectivity index (χ3v) is 4.49. The summed E-state index contributed by atoms with van der Waals surface area (Å²) in [6, 6.07) is 19.6. The van der Waals surface area contributed by atoms with Gasteiger partial charge >= 0.3 is 17.1 Å². The molecule has 0 N–H and O–H groups in total. The number of hydrogen-bond acceptors (Lipinski definition) is 2. The van der Waals surface area contributed by atoms with E-state index in [0.717, 1.165) is 17.6 Å². The topological polar surface area (TPSA) is 46.1 Å². The summed E-state index contributed by atoms with van der Waals surface area (Å²) in [4.78, 5) is 0. The van der Waals surface area contributed by atoms with E-state index >= 15 is 0 Å². The van der Waals surface area contributed by atoms with Crippen LogP contribution < -0.4 is 10.2 Å². The van der Waals surface area contributed by atoms with Gasteiger partial charge in [-0.05, 0) is 47.4 Å². The summed E-state index contributed by atoms with van der Waals surface area (Å²) in [6.45, 7) is 0. The number of benzene rings is 2. The van der Waals surface area contributed by atoms with Gasteiger partial charge in [0.25, 0.3) is 0 Å². The van der Waals surface area contributed by atoms with Crippen molar-refractivity contribution in [3.05, 3.63) is 143 Å². The van der Waals surface area contributed by atoms with Gasteiger partial charge in [-0.15, -0.1) is 5.76 Å². The van der Waals surface area contributed by atoms with Gasteiger partial charge in [0.15, 0.2) is 0 Å². The van der Waals surface area contributed by atoms with Crippen molar-refractivity contribution in [2.24, 2.45) is 0 Å². The standard InChI is InChI=1S/C14H14O.C14H10O.Fe/c2*15-14(13-8-4-5-9-13)11-10-12-6-2-1-3-7-12;/h1-9,15H,10-11H2;1-9,15H;/q;;+2/p-2. The first-order valence-corrected chi connectivity index (χ1v) is 9.84. The van der Waals surface area contributed by atoms with Gasteiger partial charge in [-0.1, -0.05) is 109 Å². The molecule has 0 amide bonds. The van der Waals surface area contributed by atoms with Crippen molar-refractivity contribution < 1.29 is 27.3 Å². The number of rotatable bonds is 3. The molecule has 0 atom stereocenters. The molecule has 0 spiro atoms. The summed E-state index contributed by atoms with van der Waals surface area (Å²) in [6.07, 6.45) is 16.1. The molecule has 2 aromatic carbocycles. The number of hydrogen-bond donors (Lipinski definition) is 0. The molecule has 154 valence electrons. The molecule has 0 heterocycles. The van der Waals surface area contributed by atoms with Crippen LogP contribution in [0.3, 0.4) is 0 Å². The van der Waals surface area contributed by atoms with E-state index in [1.165, 1.54) is 5.56 Å². The Labute approximate surface area is 194 Å². The van der Waals surface area contributed by atoms with Gasteiger partial charge in [0.05, 0.1) is 0 Å². The molecule has 2 aliphatic rings. The Morgan fingerprint density at radius 3 is 1.77 bits per heavy atom. The molecule has 0 fully saturated rings. The van der Waals surface area contributed by atoms with Crippen molar-refractivity contribution in [2.75, 3.05) is 0 Å². The summed E-state index contributed by atoms with van der Waals surface area (Å²) < 4.78 is 0. The maximum atomic E-state index is 11.7. The number of allylic oxidation sites excluding steroid dienone is 12. The molecule has 2 aliphatic carbocycles. The van der Waals surface area contributed by atoms with Crippen LogP contribution in [0.5, 0.6) is 0 Å². The third-order valence-electron chi connectivity index (χ3n) is 4.49. The second-order valence-electron chi connectivity index (χ2n) is 6.70. The Balaban J connectivity index is 0.000000213. The van der Waals surface area contributed by atoms with Gasteiger partial charge in [0, 0.05) is 5.56 Å². The molecule has 0 bridgehead atoms. The van der Waals surface area contributed by atoms with Crippen LogP contribution in [0.15, 0.2) is 132 Å². The molecule has 0 aliphatic heterocycles. The largest absolute Gasteiger partial charge is 2.00 e. The first-order valence-electron chi connectivity index (χ1n) is 9.84. The normalized spacial score (nSPS) is 12.5. The van der Waals surface area contributed by atoms with Crippen LogP contribution in [0.4, 0.5) is 0 Å². The Kier molecular flexibility index (Phi) is 9.98. The molecule has 0 saturated heterocycles. The van der Waals surface area contributed by atoms with Crippen LogP contribution in [0.25, 0.3) is 0 Å². The van der Waals surface area contributed by atoms with Crippen molar-refractivity contribution >= 4 is 0 Å². The summed E-state index contributed by atoms with van der Waals surface area (Å²) in [7, 11) is 0. The molecule has 2 nitrogen and oxygen atoms in total. The minimum absolute atomic E-state index is 0. The smallest absolute Gasteiger partial charge is 0.875 e. The van der Waals surface area contributed by atoms with E-state index in [4.69, 9.17) is 0 Å². The maximum absolute atomic E-state index is 11.7. The molecule has 0 saturated carbocycles.